The molecule has 3 nitrogen and oxygen atoms in total. The third-order valence-corrected chi connectivity index (χ3v) is 10.8. The molecule has 0 saturated heterocycles. The molecule has 0 bridgehead atoms. The molecule has 1 aliphatic heterocycles. The smallest absolute Gasteiger partial charge is 0.216 e. The Hall–Kier alpha value is -1.42. The van der Waals surface area contributed by atoms with E-state index in [1.165, 1.54) is 37.7 Å². The summed E-state index contributed by atoms with van der Waals surface area (Å²) in [5.41, 5.74) is 3.18. The van der Waals surface area contributed by atoms with Gasteiger partial charge >= 0.3 is 0 Å². The van der Waals surface area contributed by atoms with Gasteiger partial charge in [-0.15, -0.1) is 0 Å². The van der Waals surface area contributed by atoms with Crippen molar-refractivity contribution in [1.82, 2.24) is 0 Å². The maximum Gasteiger partial charge on any atom is 0.216 e. The van der Waals surface area contributed by atoms with Crippen LogP contribution in [-0.2, 0) is 9.53 Å². The monoisotopic (exact) mass is 495 g/mol. The number of aliphatic imine (C=N–C) groups is 1. The maximum absolute atomic E-state index is 12.1. The number of rotatable bonds is 2. The summed E-state index contributed by atoms with van der Waals surface area (Å²) in [5.74, 6) is 4.15. The average molecular weight is 496 g/mol. The number of fused-ring (bicyclic) bond motifs is 5. The van der Waals surface area contributed by atoms with Crippen LogP contribution in [0.3, 0.4) is 0 Å². The number of benzene rings is 1. The fourth-order valence-electron chi connectivity index (χ4n) is 8.56. The molecule has 32 heavy (non-hydrogen) atoms. The van der Waals surface area contributed by atoms with Crippen molar-refractivity contribution in [2.75, 3.05) is 6.54 Å². The Morgan fingerprint density at radius 1 is 0.969 bits per heavy atom. The van der Waals surface area contributed by atoms with Gasteiger partial charge in [0.2, 0.25) is 5.90 Å². The summed E-state index contributed by atoms with van der Waals surface area (Å²) in [6, 6.07) is 8.32. The molecule has 4 heteroatoms. The third-order valence-electron chi connectivity index (χ3n) is 10.3. The van der Waals surface area contributed by atoms with Crippen LogP contribution < -0.4 is 0 Å². The molecule has 0 amide bonds. The molecule has 3 fully saturated rings. The van der Waals surface area contributed by atoms with Gasteiger partial charge in [0.05, 0.1) is 6.54 Å². The molecule has 0 radical (unpaired) electrons. The van der Waals surface area contributed by atoms with E-state index in [4.69, 9.17) is 9.73 Å². The lowest BCUT2D eigenvalue weighted by atomic mass is 9.46. The van der Waals surface area contributed by atoms with Crippen molar-refractivity contribution in [2.45, 2.75) is 71.3 Å². The third kappa shape index (κ3) is 3.11. The Kier molecular flexibility index (Phi) is 4.99. The number of hydrogen-bond acceptors (Lipinski definition) is 3. The van der Waals surface area contributed by atoms with Gasteiger partial charge in [0.25, 0.3) is 0 Å². The number of ether oxygens (including phenoxy) is 1. The van der Waals surface area contributed by atoms with Gasteiger partial charge in [-0.25, -0.2) is 4.99 Å². The van der Waals surface area contributed by atoms with E-state index in [1.807, 2.05) is 6.08 Å². The van der Waals surface area contributed by atoms with E-state index in [0.717, 1.165) is 59.5 Å². The molecule has 1 heterocycles. The standard InChI is InChI=1S/C28H34BrNO2/c1-27-13-11-20(31)15-18(27)5-8-21-22-9-10-24(28(22,2)14-12-23(21)27)25-16-30-26(32-25)17-3-6-19(29)7-4-17/h3-4,6-7,15,21-25H,5,8-14,16H2,1-2H3/t21-,22-,23-,24+,25-,27-,28-/m0/s1. The van der Waals surface area contributed by atoms with Crippen molar-refractivity contribution in [3.8, 4) is 0 Å². The van der Waals surface area contributed by atoms with E-state index in [0.29, 0.717) is 17.1 Å². The summed E-state index contributed by atoms with van der Waals surface area (Å²) in [5, 5.41) is 0. The first-order valence-corrected chi connectivity index (χ1v) is 13.4. The molecule has 5 aliphatic rings. The highest BCUT2D eigenvalue weighted by Crippen LogP contribution is 2.67. The van der Waals surface area contributed by atoms with Crippen molar-refractivity contribution in [1.29, 1.82) is 0 Å². The Labute approximate surface area is 200 Å². The summed E-state index contributed by atoms with van der Waals surface area (Å²) in [6.45, 7) is 5.86. The number of ketones is 1. The number of allylic oxidation sites excluding steroid dienone is 1. The molecule has 0 N–H and O–H groups in total. The summed E-state index contributed by atoms with van der Waals surface area (Å²) >= 11 is 3.52. The minimum atomic E-state index is 0.224. The van der Waals surface area contributed by atoms with Gasteiger partial charge in [0.1, 0.15) is 6.10 Å². The molecular formula is C28H34BrNO2. The van der Waals surface area contributed by atoms with Crippen molar-refractivity contribution < 1.29 is 9.53 Å². The summed E-state index contributed by atoms with van der Waals surface area (Å²) < 4.78 is 7.61. The Bertz CT molecular complexity index is 997. The molecule has 3 saturated carbocycles. The van der Waals surface area contributed by atoms with E-state index in [-0.39, 0.29) is 11.5 Å². The largest absolute Gasteiger partial charge is 0.472 e. The SMILES string of the molecule is C[C@]12CC[C@H]3[C@@H](CCC4=CC(=O)CC[C@@]43C)[C@@H]1CC[C@@H]2[C@@H]1CN=C(c2ccc(Br)cc2)O1. The van der Waals surface area contributed by atoms with Crippen LogP contribution in [0.2, 0.25) is 0 Å². The molecule has 0 aromatic heterocycles. The van der Waals surface area contributed by atoms with E-state index in [2.05, 4.69) is 54.0 Å². The highest BCUT2D eigenvalue weighted by molar-refractivity contribution is 9.10. The van der Waals surface area contributed by atoms with Gasteiger partial charge in [0, 0.05) is 22.4 Å². The van der Waals surface area contributed by atoms with Crippen LogP contribution in [0.25, 0.3) is 0 Å². The number of hydrogen-bond donors (Lipinski definition) is 0. The maximum atomic E-state index is 12.1. The molecule has 0 unspecified atom stereocenters. The molecule has 6 rings (SSSR count). The van der Waals surface area contributed by atoms with E-state index < -0.39 is 0 Å². The topological polar surface area (TPSA) is 38.7 Å². The zero-order valence-electron chi connectivity index (χ0n) is 19.3. The normalized spacial score (nSPS) is 43.0. The summed E-state index contributed by atoms with van der Waals surface area (Å²) in [4.78, 5) is 16.9. The van der Waals surface area contributed by atoms with Crippen molar-refractivity contribution in [3.05, 3.63) is 46.0 Å². The fraction of sp³-hybridized carbons (Fsp3) is 0.643. The van der Waals surface area contributed by atoms with Crippen LogP contribution in [0.1, 0.15) is 70.8 Å². The molecule has 4 aliphatic carbocycles. The van der Waals surface area contributed by atoms with E-state index in [1.54, 1.807) is 0 Å². The highest BCUT2D eigenvalue weighted by atomic mass is 79.9. The number of carbonyl (C=O) groups is 1. The Morgan fingerprint density at radius 3 is 2.56 bits per heavy atom. The predicted molar refractivity (Wildman–Crippen MR) is 131 cm³/mol. The predicted octanol–water partition coefficient (Wildman–Crippen LogP) is 6.74. The molecule has 0 spiro atoms. The van der Waals surface area contributed by atoms with Gasteiger partial charge in [-0.05, 0) is 104 Å². The van der Waals surface area contributed by atoms with Gasteiger partial charge < -0.3 is 4.74 Å². The van der Waals surface area contributed by atoms with Crippen LogP contribution in [0.5, 0.6) is 0 Å². The molecule has 1 aromatic carbocycles. The van der Waals surface area contributed by atoms with Crippen LogP contribution in [0.15, 0.2) is 45.4 Å². The lowest BCUT2D eigenvalue weighted by Crippen LogP contribution is -2.51. The fourth-order valence-corrected chi connectivity index (χ4v) is 8.83. The first-order chi connectivity index (χ1) is 15.4. The number of carbonyl (C=O) groups excluding carboxylic acids is 1. The van der Waals surface area contributed by atoms with Crippen molar-refractivity contribution >= 4 is 27.6 Å². The first kappa shape index (κ1) is 21.1. The van der Waals surface area contributed by atoms with Gasteiger partial charge in [-0.1, -0.05) is 35.4 Å². The quantitative estimate of drug-likeness (QED) is 0.455. The van der Waals surface area contributed by atoms with Gasteiger partial charge in [-0.3, -0.25) is 4.79 Å². The van der Waals surface area contributed by atoms with Crippen molar-refractivity contribution in [2.24, 2.45) is 39.5 Å². The number of halogens is 1. The zero-order chi connectivity index (χ0) is 22.1. The number of nitrogens with zero attached hydrogens (tertiary/aromatic N) is 1. The second-order valence-electron chi connectivity index (χ2n) is 11.5. The lowest BCUT2D eigenvalue weighted by molar-refractivity contribution is -0.117. The molecular weight excluding hydrogens is 462 g/mol. The minimum Gasteiger partial charge on any atom is -0.472 e. The molecule has 170 valence electrons. The van der Waals surface area contributed by atoms with Gasteiger partial charge in [-0.2, -0.15) is 0 Å². The lowest BCUT2D eigenvalue weighted by Gasteiger charge is -2.58. The summed E-state index contributed by atoms with van der Waals surface area (Å²) in [6.07, 6.45) is 11.7. The average Bonchev–Trinajstić information content (AvgIpc) is 3.39. The Balaban J connectivity index is 1.21. The second-order valence-corrected chi connectivity index (χ2v) is 12.4. The van der Waals surface area contributed by atoms with Crippen LogP contribution >= 0.6 is 15.9 Å². The zero-order valence-corrected chi connectivity index (χ0v) is 20.9. The van der Waals surface area contributed by atoms with E-state index >= 15 is 0 Å². The second kappa shape index (κ2) is 7.55. The van der Waals surface area contributed by atoms with Crippen molar-refractivity contribution in [3.63, 3.8) is 0 Å². The first-order valence-electron chi connectivity index (χ1n) is 12.6. The molecule has 7 atom stereocenters. The van der Waals surface area contributed by atoms with E-state index in [9.17, 15) is 4.79 Å². The summed E-state index contributed by atoms with van der Waals surface area (Å²) in [7, 11) is 0. The highest BCUT2D eigenvalue weighted by Gasteiger charge is 2.60. The van der Waals surface area contributed by atoms with Crippen LogP contribution in [0, 0.1) is 34.5 Å². The van der Waals surface area contributed by atoms with Gasteiger partial charge in [0.15, 0.2) is 5.78 Å². The minimum absolute atomic E-state index is 0.224. The molecule has 1 aromatic rings. The van der Waals surface area contributed by atoms with Crippen LogP contribution in [0.4, 0.5) is 0 Å². The van der Waals surface area contributed by atoms with Crippen LogP contribution in [-0.4, -0.2) is 24.3 Å². The Morgan fingerprint density at radius 2 is 1.75 bits per heavy atom.